The number of benzene rings is 1. The Bertz CT molecular complexity index is 603. The molecule has 23 heavy (non-hydrogen) atoms. The van der Waals surface area contributed by atoms with Gasteiger partial charge in [0.05, 0.1) is 6.04 Å². The first-order valence-electron chi connectivity index (χ1n) is 8.08. The summed E-state index contributed by atoms with van der Waals surface area (Å²) in [7, 11) is 0. The first kappa shape index (κ1) is 17.5. The van der Waals surface area contributed by atoms with Crippen molar-refractivity contribution in [3.8, 4) is 0 Å². The third-order valence-electron chi connectivity index (χ3n) is 3.76. The molecule has 1 aromatic rings. The van der Waals surface area contributed by atoms with Crippen molar-refractivity contribution < 1.29 is 14.3 Å². The predicted molar refractivity (Wildman–Crippen MR) is 90.3 cm³/mol. The van der Waals surface area contributed by atoms with Crippen molar-refractivity contribution in [1.29, 1.82) is 0 Å². The zero-order valence-corrected chi connectivity index (χ0v) is 14.4. The van der Waals surface area contributed by atoms with Crippen molar-refractivity contribution >= 4 is 17.6 Å². The first-order chi connectivity index (χ1) is 10.7. The largest absolute Gasteiger partial charge is 0.459 e. The molecule has 0 bridgehead atoms. The first-order valence-corrected chi connectivity index (χ1v) is 8.08. The van der Waals surface area contributed by atoms with Crippen molar-refractivity contribution in [2.75, 3.05) is 11.4 Å². The Hall–Kier alpha value is -1.88. The second-order valence-corrected chi connectivity index (χ2v) is 7.11. The number of hydrogen-bond donors (Lipinski definition) is 1. The molecule has 5 heteroatoms. The average Bonchev–Trinajstić information content (AvgIpc) is 2.89. The normalized spacial score (nSPS) is 15.0. The van der Waals surface area contributed by atoms with E-state index in [1.54, 1.807) is 27.7 Å². The summed E-state index contributed by atoms with van der Waals surface area (Å²) in [6, 6.07) is 5.24. The zero-order valence-electron chi connectivity index (χ0n) is 14.4. The number of nitrogens with two attached hydrogens (primary N) is 1. The molecular weight excluding hydrogens is 292 g/mol. The number of amides is 1. The molecule has 0 aromatic heterocycles. The third kappa shape index (κ3) is 4.55. The van der Waals surface area contributed by atoms with E-state index in [4.69, 9.17) is 10.5 Å². The number of hydrogen-bond acceptors (Lipinski definition) is 4. The highest BCUT2D eigenvalue weighted by atomic mass is 16.6. The summed E-state index contributed by atoms with van der Waals surface area (Å²) < 4.78 is 5.34. The SMILES string of the molecule is C[C@H](N)C(=O)N(CC(=O)OC(C)(C)C)c1ccc2c(c1)CCC2. The molecule has 0 unspecified atom stereocenters. The molecule has 1 aliphatic rings. The molecule has 5 nitrogen and oxygen atoms in total. The van der Waals surface area contributed by atoms with Crippen LogP contribution in [0.3, 0.4) is 0 Å². The minimum absolute atomic E-state index is 0.129. The van der Waals surface area contributed by atoms with Crippen LogP contribution in [0.5, 0.6) is 0 Å². The van der Waals surface area contributed by atoms with Crippen LogP contribution in [0.25, 0.3) is 0 Å². The van der Waals surface area contributed by atoms with Gasteiger partial charge in [0.15, 0.2) is 0 Å². The lowest BCUT2D eigenvalue weighted by Crippen LogP contribution is -2.46. The van der Waals surface area contributed by atoms with E-state index in [9.17, 15) is 9.59 Å². The number of aryl methyl sites for hydroxylation is 2. The minimum atomic E-state index is -0.675. The van der Waals surface area contributed by atoms with E-state index in [-0.39, 0.29) is 12.5 Å². The van der Waals surface area contributed by atoms with Gasteiger partial charge in [-0.2, -0.15) is 0 Å². The van der Waals surface area contributed by atoms with Crippen LogP contribution in [-0.4, -0.2) is 30.1 Å². The summed E-state index contributed by atoms with van der Waals surface area (Å²) in [6.45, 7) is 6.91. The highest BCUT2D eigenvalue weighted by Crippen LogP contribution is 2.27. The fraction of sp³-hybridized carbons (Fsp3) is 0.556. The summed E-state index contributed by atoms with van der Waals surface area (Å²) in [5, 5.41) is 0. The smallest absolute Gasteiger partial charge is 0.326 e. The lowest BCUT2D eigenvalue weighted by molar-refractivity contribution is -0.153. The molecule has 0 radical (unpaired) electrons. The fourth-order valence-corrected chi connectivity index (χ4v) is 2.77. The van der Waals surface area contributed by atoms with E-state index < -0.39 is 17.6 Å². The summed E-state index contributed by atoms with van der Waals surface area (Å²) in [4.78, 5) is 26.0. The molecule has 126 valence electrons. The minimum Gasteiger partial charge on any atom is -0.459 e. The van der Waals surface area contributed by atoms with E-state index >= 15 is 0 Å². The number of ether oxygens (including phenoxy) is 1. The number of carbonyl (C=O) groups is 2. The second kappa shape index (κ2) is 6.71. The topological polar surface area (TPSA) is 72.6 Å². The van der Waals surface area contributed by atoms with Gasteiger partial charge in [-0.1, -0.05) is 6.07 Å². The standard InChI is InChI=1S/C18H26N2O3/c1-12(19)17(22)20(11-16(21)23-18(2,3)4)15-9-8-13-6-5-7-14(13)10-15/h8-10,12H,5-7,11,19H2,1-4H3/t12-/m0/s1. The van der Waals surface area contributed by atoms with Crippen LogP contribution in [0.15, 0.2) is 18.2 Å². The molecule has 0 aliphatic heterocycles. The number of nitrogens with zero attached hydrogens (tertiary/aromatic N) is 1. The quantitative estimate of drug-likeness (QED) is 0.864. The molecule has 1 amide bonds. The Labute approximate surface area is 137 Å². The van der Waals surface area contributed by atoms with Gasteiger partial charge in [0.2, 0.25) is 5.91 Å². The van der Waals surface area contributed by atoms with Crippen molar-refractivity contribution in [2.24, 2.45) is 5.73 Å². The Morgan fingerprint density at radius 2 is 1.91 bits per heavy atom. The highest BCUT2D eigenvalue weighted by molar-refractivity contribution is 6.00. The summed E-state index contributed by atoms with van der Waals surface area (Å²) in [5.41, 5.74) is 8.43. The average molecular weight is 318 g/mol. The van der Waals surface area contributed by atoms with Gasteiger partial charge in [0.1, 0.15) is 12.1 Å². The van der Waals surface area contributed by atoms with Gasteiger partial charge >= 0.3 is 5.97 Å². The maximum Gasteiger partial charge on any atom is 0.326 e. The third-order valence-corrected chi connectivity index (χ3v) is 3.76. The van der Waals surface area contributed by atoms with Gasteiger partial charge in [-0.3, -0.25) is 14.5 Å². The summed E-state index contributed by atoms with van der Waals surface area (Å²) in [6.07, 6.45) is 3.21. The molecule has 0 spiro atoms. The van der Waals surface area contributed by atoms with Crippen LogP contribution in [0, 0.1) is 0 Å². The van der Waals surface area contributed by atoms with Crippen molar-refractivity contribution in [2.45, 2.75) is 58.6 Å². The van der Waals surface area contributed by atoms with Gasteiger partial charge < -0.3 is 10.5 Å². The zero-order chi connectivity index (χ0) is 17.2. The van der Waals surface area contributed by atoms with E-state index in [1.165, 1.54) is 16.0 Å². The number of carbonyl (C=O) groups excluding carboxylic acids is 2. The number of anilines is 1. The lowest BCUT2D eigenvalue weighted by Gasteiger charge is -2.26. The monoisotopic (exact) mass is 318 g/mol. The Kier molecular flexibility index (Phi) is 5.09. The van der Waals surface area contributed by atoms with Crippen LogP contribution in [0.4, 0.5) is 5.69 Å². The van der Waals surface area contributed by atoms with Crippen molar-refractivity contribution in [3.63, 3.8) is 0 Å². The van der Waals surface area contributed by atoms with Crippen LogP contribution in [0.1, 0.15) is 45.2 Å². The molecule has 1 aromatic carbocycles. The van der Waals surface area contributed by atoms with Gasteiger partial charge in [-0.15, -0.1) is 0 Å². The fourth-order valence-electron chi connectivity index (χ4n) is 2.77. The molecular formula is C18H26N2O3. The number of fused-ring (bicyclic) bond motifs is 1. The van der Waals surface area contributed by atoms with Crippen molar-refractivity contribution in [1.82, 2.24) is 0 Å². The Morgan fingerprint density at radius 1 is 1.26 bits per heavy atom. The molecule has 1 aliphatic carbocycles. The summed E-state index contributed by atoms with van der Waals surface area (Å²) in [5.74, 6) is -0.721. The van der Waals surface area contributed by atoms with E-state index in [0.29, 0.717) is 5.69 Å². The van der Waals surface area contributed by atoms with E-state index in [1.807, 2.05) is 18.2 Å². The van der Waals surface area contributed by atoms with E-state index in [0.717, 1.165) is 19.3 Å². The van der Waals surface area contributed by atoms with Crippen LogP contribution < -0.4 is 10.6 Å². The van der Waals surface area contributed by atoms with Crippen LogP contribution >= 0.6 is 0 Å². The highest BCUT2D eigenvalue weighted by Gasteiger charge is 2.26. The summed E-state index contributed by atoms with van der Waals surface area (Å²) >= 11 is 0. The van der Waals surface area contributed by atoms with Crippen molar-refractivity contribution in [3.05, 3.63) is 29.3 Å². The van der Waals surface area contributed by atoms with E-state index in [2.05, 4.69) is 0 Å². The molecule has 1 atom stereocenters. The van der Waals surface area contributed by atoms with Gasteiger partial charge in [0.25, 0.3) is 0 Å². The molecule has 2 N–H and O–H groups in total. The molecule has 0 saturated carbocycles. The molecule has 0 heterocycles. The second-order valence-electron chi connectivity index (χ2n) is 7.11. The predicted octanol–water partition coefficient (Wildman–Crippen LogP) is 2.20. The molecule has 0 fully saturated rings. The van der Waals surface area contributed by atoms with Crippen LogP contribution in [-0.2, 0) is 27.2 Å². The lowest BCUT2D eigenvalue weighted by atomic mass is 10.1. The number of rotatable bonds is 4. The van der Waals surface area contributed by atoms with Gasteiger partial charge in [0, 0.05) is 5.69 Å². The number of esters is 1. The van der Waals surface area contributed by atoms with Gasteiger partial charge in [-0.05, 0) is 70.2 Å². The maximum atomic E-state index is 12.4. The Morgan fingerprint density at radius 3 is 2.52 bits per heavy atom. The van der Waals surface area contributed by atoms with Gasteiger partial charge in [-0.25, -0.2) is 0 Å². The Balaban J connectivity index is 2.24. The van der Waals surface area contributed by atoms with Crippen LogP contribution in [0.2, 0.25) is 0 Å². The molecule has 2 rings (SSSR count). The maximum absolute atomic E-state index is 12.4. The molecule has 0 saturated heterocycles.